The van der Waals surface area contributed by atoms with E-state index >= 15 is 0 Å². The summed E-state index contributed by atoms with van der Waals surface area (Å²) in [5, 5.41) is 34.1. The molecule has 380 valence electrons. The predicted molar refractivity (Wildman–Crippen MR) is 260 cm³/mol. The molecule has 10 rings (SSSR count). The Hall–Kier alpha value is -6.18. The van der Waals surface area contributed by atoms with Crippen LogP contribution in [0.5, 0.6) is 17.2 Å². The van der Waals surface area contributed by atoms with Gasteiger partial charge >= 0.3 is 18.7 Å². The molecule has 15 nitrogen and oxygen atoms in total. The molecule has 4 saturated heterocycles. The number of nitrogens with zero attached hydrogens (tertiary/aromatic N) is 3. The van der Waals surface area contributed by atoms with Gasteiger partial charge in [0.2, 0.25) is 12.4 Å². The lowest BCUT2D eigenvalue weighted by Gasteiger charge is -2.45. The number of fused-ring (bicyclic) bond motifs is 3. The number of carbonyl (C=O) groups excluding carboxylic acids is 3. The number of benzene rings is 4. The first-order valence-corrected chi connectivity index (χ1v) is 25.1. The van der Waals surface area contributed by atoms with Gasteiger partial charge in [0.05, 0.1) is 24.2 Å². The second-order valence-electron chi connectivity index (χ2n) is 18.0. The summed E-state index contributed by atoms with van der Waals surface area (Å²) in [7, 11) is 0. The fourth-order valence-corrected chi connectivity index (χ4v) is 11.8. The van der Waals surface area contributed by atoms with Gasteiger partial charge in [-0.1, -0.05) is 83.9 Å². The molecule has 5 aliphatic rings. The summed E-state index contributed by atoms with van der Waals surface area (Å²) in [6.07, 6.45) is 5.52. The molecule has 72 heavy (non-hydrogen) atoms. The smallest absolute Gasteiger partial charge is 0.408 e. The van der Waals surface area contributed by atoms with Crippen LogP contribution in [0.2, 0.25) is 10.0 Å². The average Bonchev–Trinajstić information content (AvgIpc) is 4.11. The molecular formula is C52H52Cl2F2N4O11S. The van der Waals surface area contributed by atoms with Gasteiger partial charge in [-0.05, 0) is 116 Å². The van der Waals surface area contributed by atoms with Crippen LogP contribution in [0.1, 0.15) is 75.8 Å². The number of nitrogens with one attached hydrogen (secondary N) is 1. The van der Waals surface area contributed by atoms with Gasteiger partial charge < -0.3 is 39.3 Å². The maximum Gasteiger partial charge on any atom is 0.408 e. The normalized spacial score (nSPS) is 21.2. The highest BCUT2D eigenvalue weighted by Crippen LogP contribution is 2.51. The van der Waals surface area contributed by atoms with Gasteiger partial charge in [-0.2, -0.15) is 8.78 Å². The molecule has 5 aromatic rings. The van der Waals surface area contributed by atoms with Crippen LogP contribution in [0.15, 0.2) is 109 Å². The van der Waals surface area contributed by atoms with Crippen molar-refractivity contribution >= 4 is 59.5 Å². The third-order valence-electron chi connectivity index (χ3n) is 13.3. The van der Waals surface area contributed by atoms with Gasteiger partial charge in [-0.15, -0.1) is 11.8 Å². The fraction of sp³-hybridized carbons (Fsp3) is 0.365. The Morgan fingerprint density at radius 2 is 1.60 bits per heavy atom. The summed E-state index contributed by atoms with van der Waals surface area (Å²) < 4.78 is 50.6. The molecule has 1 saturated carbocycles. The van der Waals surface area contributed by atoms with Crippen molar-refractivity contribution in [3.63, 3.8) is 0 Å². The second kappa shape index (κ2) is 23.6. The van der Waals surface area contributed by atoms with Gasteiger partial charge in [0.15, 0.2) is 11.5 Å². The van der Waals surface area contributed by atoms with Gasteiger partial charge in [-0.25, -0.2) is 9.59 Å². The van der Waals surface area contributed by atoms with E-state index in [0.717, 1.165) is 62.6 Å². The molecule has 0 radical (unpaired) electrons. The van der Waals surface area contributed by atoms with Crippen molar-refractivity contribution in [2.75, 3.05) is 38.5 Å². The van der Waals surface area contributed by atoms with Gasteiger partial charge in [-0.3, -0.25) is 19.8 Å². The standard InChI is InChI=1S/C51H50Cl2F2N4O9S.CH2O2/c52-41-27-59(64)28-42(53)39(41)25-40(35-14-15-43(67-49(54)55)44(24-35)65-30-31-12-13-31)51(48(61)62)58(20-21-69-51)26-32-6-4-10-37(22-32)47(60)66-38-11-5-9-36(23-38)46(34-7-2-1-3-8-34)56-50(63)68-45-29-57-18-16-33(45)17-19-57;2-1-3/h1-11,14-15,22-24,27-28,31,33,40,45-46,49H,12-13,16-21,25-26,29-30H2,(H2-,56,61,62,63,64);1H,(H,2,3)/t40-,45-,46-,51-;/m0./s1. The van der Waals surface area contributed by atoms with Crippen molar-refractivity contribution < 1.29 is 67.1 Å². The third kappa shape index (κ3) is 12.5. The van der Waals surface area contributed by atoms with E-state index in [1.54, 1.807) is 47.4 Å². The van der Waals surface area contributed by atoms with Crippen LogP contribution in [-0.4, -0.2) is 101 Å². The summed E-state index contributed by atoms with van der Waals surface area (Å²) >= 11 is 14.4. The fourth-order valence-electron chi connectivity index (χ4n) is 9.66. The Bertz CT molecular complexity index is 2710. The van der Waals surface area contributed by atoms with Gasteiger partial charge in [0.1, 0.15) is 26.8 Å². The SMILES string of the molecule is O=C(N[C@@H](c1ccccc1)c1cccc(OC(=O)c2cccc(CN3CCS[C@]3(C(=O)[O-])[C@@H](Cc3c(Cl)c[n+](O)cc3Cl)c3ccc(OC(F)F)c(OCC4CC4)c3)c2)c1)O[C@H]1CN2CCC1CC2.O=CO. The molecule has 0 unspecified atom stereocenters. The number of hydrogen-bond acceptors (Lipinski definition) is 13. The molecule has 4 atom stereocenters. The van der Waals surface area contributed by atoms with E-state index in [0.29, 0.717) is 38.7 Å². The van der Waals surface area contributed by atoms with Crippen molar-refractivity contribution in [3.05, 3.63) is 153 Å². The van der Waals surface area contributed by atoms with Crippen molar-refractivity contribution in [2.24, 2.45) is 11.8 Å². The van der Waals surface area contributed by atoms with E-state index in [9.17, 15) is 33.5 Å². The van der Waals surface area contributed by atoms with E-state index < -0.39 is 41.5 Å². The van der Waals surface area contributed by atoms with E-state index in [2.05, 4.69) is 10.2 Å². The summed E-state index contributed by atoms with van der Waals surface area (Å²) in [5.41, 5.74) is 2.99. The van der Waals surface area contributed by atoms with Crippen LogP contribution in [0, 0.1) is 11.8 Å². The number of alkyl halides is 2. The highest BCUT2D eigenvalue weighted by molar-refractivity contribution is 8.01. The molecule has 1 amide bonds. The van der Waals surface area contributed by atoms with Crippen molar-refractivity contribution in [3.8, 4) is 17.2 Å². The van der Waals surface area contributed by atoms with Crippen LogP contribution in [0.3, 0.4) is 0 Å². The molecule has 5 fully saturated rings. The van der Waals surface area contributed by atoms with Crippen molar-refractivity contribution in [2.45, 2.75) is 68.2 Å². The second-order valence-corrected chi connectivity index (χ2v) is 20.1. The van der Waals surface area contributed by atoms with Crippen molar-refractivity contribution in [1.29, 1.82) is 0 Å². The Balaban J connectivity index is 0.00000226. The minimum Gasteiger partial charge on any atom is -0.547 e. The number of aliphatic carboxylic acids is 1. The Labute approximate surface area is 428 Å². The number of aromatic nitrogens is 1. The first kappa shape index (κ1) is 52.2. The predicted octanol–water partition coefficient (Wildman–Crippen LogP) is 7.76. The number of alkyl carbamates (subject to hydrolysis) is 1. The molecule has 1 aliphatic carbocycles. The number of carboxylic acids is 1. The third-order valence-corrected chi connectivity index (χ3v) is 15.5. The van der Waals surface area contributed by atoms with E-state index in [1.165, 1.54) is 30.6 Å². The number of pyridine rings is 1. The zero-order valence-electron chi connectivity index (χ0n) is 38.7. The number of ether oxygens (including phenoxy) is 4. The lowest BCUT2D eigenvalue weighted by Crippen LogP contribution is -2.58. The number of rotatable bonds is 18. The molecular weight excluding hydrogens is 998 g/mol. The van der Waals surface area contributed by atoms with E-state index in [1.807, 2.05) is 36.4 Å². The number of esters is 1. The summed E-state index contributed by atoms with van der Waals surface area (Å²) in [6.45, 7) is -0.0473. The zero-order valence-corrected chi connectivity index (χ0v) is 41.1. The molecule has 0 spiro atoms. The molecule has 1 aromatic heterocycles. The minimum atomic E-state index is -3.14. The molecule has 20 heteroatoms. The van der Waals surface area contributed by atoms with Gasteiger partial charge in [0, 0.05) is 41.6 Å². The quantitative estimate of drug-likeness (QED) is 0.0254. The lowest BCUT2D eigenvalue weighted by atomic mass is 9.84. The Morgan fingerprint density at radius 3 is 2.26 bits per heavy atom. The van der Waals surface area contributed by atoms with Crippen LogP contribution < -0.4 is 29.4 Å². The monoisotopic (exact) mass is 1050 g/mol. The average molecular weight is 1050 g/mol. The summed E-state index contributed by atoms with van der Waals surface area (Å²) in [4.78, 5) is 51.8. The zero-order chi connectivity index (χ0) is 50.9. The van der Waals surface area contributed by atoms with E-state index in [4.69, 9.17) is 52.1 Å². The largest absolute Gasteiger partial charge is 0.547 e. The first-order chi connectivity index (χ1) is 34.7. The molecule has 4 aromatic carbocycles. The van der Waals surface area contributed by atoms with Crippen molar-refractivity contribution in [1.82, 2.24) is 15.1 Å². The van der Waals surface area contributed by atoms with Crippen LogP contribution in [-0.2, 0) is 27.3 Å². The number of carboxylic acid groups (broad SMARTS) is 2. The molecule has 5 heterocycles. The number of thioether (sulfide) groups is 1. The number of carbonyl (C=O) groups is 4. The maximum atomic E-state index is 13.9. The number of piperidine rings is 3. The van der Waals surface area contributed by atoms with Gasteiger partial charge in [0.25, 0.3) is 6.47 Å². The maximum absolute atomic E-state index is 13.9. The number of halogens is 4. The molecule has 4 aliphatic heterocycles. The summed E-state index contributed by atoms with van der Waals surface area (Å²) in [5.74, 6) is -2.07. The molecule has 3 N–H and O–H groups in total. The number of hydrogen-bond donors (Lipinski definition) is 3. The van der Waals surface area contributed by atoms with Crippen LogP contribution >= 0.6 is 35.0 Å². The first-order valence-electron chi connectivity index (χ1n) is 23.4. The van der Waals surface area contributed by atoms with Crippen LogP contribution in [0.25, 0.3) is 0 Å². The topological polar surface area (TPSA) is 191 Å². The van der Waals surface area contributed by atoms with Crippen LogP contribution in [0.4, 0.5) is 13.6 Å². The van der Waals surface area contributed by atoms with E-state index in [-0.39, 0.29) is 77.5 Å². The Morgan fingerprint density at radius 1 is 0.889 bits per heavy atom. The number of amides is 1. The summed E-state index contributed by atoms with van der Waals surface area (Å²) in [6, 6.07) is 26.8. The minimum absolute atomic E-state index is 0.0250. The molecule has 2 bridgehead atoms. The highest BCUT2D eigenvalue weighted by atomic mass is 35.5. The highest BCUT2D eigenvalue weighted by Gasteiger charge is 2.51. The lowest BCUT2D eigenvalue weighted by molar-refractivity contribution is -0.904. The Kier molecular flexibility index (Phi) is 17.1.